The molecule has 0 radical (unpaired) electrons. The van der Waals surface area contributed by atoms with Crippen LogP contribution >= 0.6 is 0 Å². The van der Waals surface area contributed by atoms with Crippen molar-refractivity contribution in [1.29, 1.82) is 0 Å². The summed E-state index contributed by atoms with van der Waals surface area (Å²) in [7, 11) is 1.87. The number of piperidine rings is 1. The Labute approximate surface area is 211 Å². The maximum absolute atomic E-state index is 13.5. The highest BCUT2D eigenvalue weighted by Gasteiger charge is 2.45. The lowest BCUT2D eigenvalue weighted by Gasteiger charge is -2.27. The van der Waals surface area contributed by atoms with E-state index in [0.29, 0.717) is 5.69 Å². The van der Waals surface area contributed by atoms with Crippen molar-refractivity contribution < 1.29 is 19.2 Å². The van der Waals surface area contributed by atoms with Crippen molar-refractivity contribution in [2.75, 3.05) is 5.32 Å². The number of benzene rings is 2. The maximum atomic E-state index is 13.5. The van der Waals surface area contributed by atoms with Crippen molar-refractivity contribution in [1.82, 2.24) is 25.0 Å². The van der Waals surface area contributed by atoms with Crippen molar-refractivity contribution in [3.05, 3.63) is 71.7 Å². The van der Waals surface area contributed by atoms with Crippen LogP contribution in [0.1, 0.15) is 39.3 Å². The van der Waals surface area contributed by atoms with Gasteiger partial charge in [0.2, 0.25) is 11.8 Å². The number of fused-ring (bicyclic) bond motifs is 2. The van der Waals surface area contributed by atoms with E-state index in [4.69, 9.17) is 0 Å². The molecule has 0 unspecified atom stereocenters. The van der Waals surface area contributed by atoms with Gasteiger partial charge in [0.05, 0.1) is 28.5 Å². The van der Waals surface area contributed by atoms with Gasteiger partial charge in [0.25, 0.3) is 11.8 Å². The molecule has 1 saturated heterocycles. The minimum atomic E-state index is -1.03. The van der Waals surface area contributed by atoms with Crippen LogP contribution in [0, 0.1) is 6.92 Å². The fourth-order valence-electron chi connectivity index (χ4n) is 5.02. The number of amides is 4. The highest BCUT2D eigenvalue weighted by atomic mass is 16.2. The predicted molar refractivity (Wildman–Crippen MR) is 135 cm³/mol. The molecule has 1 fully saturated rings. The van der Waals surface area contributed by atoms with E-state index in [2.05, 4.69) is 20.7 Å². The van der Waals surface area contributed by atoms with E-state index >= 15 is 0 Å². The van der Waals surface area contributed by atoms with E-state index < -0.39 is 29.7 Å². The van der Waals surface area contributed by atoms with Crippen LogP contribution in [0.15, 0.2) is 54.9 Å². The van der Waals surface area contributed by atoms with Crippen molar-refractivity contribution >= 4 is 45.9 Å². The van der Waals surface area contributed by atoms with Gasteiger partial charge in [0, 0.05) is 42.0 Å². The van der Waals surface area contributed by atoms with Crippen LogP contribution in [0.4, 0.5) is 11.4 Å². The van der Waals surface area contributed by atoms with Gasteiger partial charge < -0.3 is 5.32 Å². The molecule has 37 heavy (non-hydrogen) atoms. The molecule has 0 spiro atoms. The zero-order chi connectivity index (χ0) is 25.8. The lowest BCUT2D eigenvalue weighted by atomic mass is 10.0. The first-order valence-electron chi connectivity index (χ1n) is 11.8. The third-order valence-corrected chi connectivity index (χ3v) is 6.83. The van der Waals surface area contributed by atoms with Crippen LogP contribution in [0.3, 0.4) is 0 Å². The average Bonchev–Trinajstić information content (AvgIpc) is 3.35. The van der Waals surface area contributed by atoms with Gasteiger partial charge in [-0.25, -0.2) is 0 Å². The van der Waals surface area contributed by atoms with Crippen LogP contribution < -0.4 is 10.6 Å². The molecule has 0 aliphatic carbocycles. The number of pyridine rings is 1. The van der Waals surface area contributed by atoms with Crippen LogP contribution in [0.25, 0.3) is 22.0 Å². The predicted octanol–water partition coefficient (Wildman–Crippen LogP) is 3.09. The van der Waals surface area contributed by atoms with Gasteiger partial charge in [-0.3, -0.25) is 39.1 Å². The van der Waals surface area contributed by atoms with Crippen molar-refractivity contribution in [2.24, 2.45) is 7.05 Å². The lowest BCUT2D eigenvalue weighted by molar-refractivity contribution is -0.136. The topological polar surface area (TPSA) is 126 Å². The zero-order valence-electron chi connectivity index (χ0n) is 20.1. The van der Waals surface area contributed by atoms with E-state index in [9.17, 15) is 19.2 Å². The van der Waals surface area contributed by atoms with Crippen molar-refractivity contribution in [3.8, 4) is 11.1 Å². The number of rotatable bonds is 4. The number of hydrogen-bond acceptors (Lipinski definition) is 7. The van der Waals surface area contributed by atoms with Crippen LogP contribution in [0.5, 0.6) is 0 Å². The van der Waals surface area contributed by atoms with E-state index in [1.807, 2.05) is 38.2 Å². The molecule has 4 heterocycles. The third-order valence-electron chi connectivity index (χ3n) is 6.83. The van der Waals surface area contributed by atoms with Crippen LogP contribution in [-0.4, -0.2) is 49.3 Å². The van der Waals surface area contributed by atoms with Crippen LogP contribution in [-0.2, 0) is 16.6 Å². The maximum Gasteiger partial charge on any atom is 0.264 e. The summed E-state index contributed by atoms with van der Waals surface area (Å²) in [6, 6.07) is 11.8. The Hall–Kier alpha value is -4.86. The summed E-state index contributed by atoms with van der Waals surface area (Å²) >= 11 is 0. The molecule has 2 N–H and O–H groups in total. The van der Waals surface area contributed by atoms with E-state index in [1.165, 1.54) is 0 Å². The number of imide groups is 2. The Kier molecular flexibility index (Phi) is 5.11. The number of nitrogens with one attached hydrogen (secondary N) is 2. The number of hydrogen-bond donors (Lipinski definition) is 2. The fourth-order valence-corrected chi connectivity index (χ4v) is 5.02. The van der Waals surface area contributed by atoms with Gasteiger partial charge in [0.1, 0.15) is 6.04 Å². The zero-order valence-corrected chi connectivity index (χ0v) is 20.1. The summed E-state index contributed by atoms with van der Waals surface area (Å²) in [6.45, 7) is 1.91. The molecule has 10 nitrogen and oxygen atoms in total. The van der Waals surface area contributed by atoms with Gasteiger partial charge in [-0.1, -0.05) is 6.07 Å². The van der Waals surface area contributed by atoms with Gasteiger partial charge in [-0.2, -0.15) is 5.10 Å². The summed E-state index contributed by atoms with van der Waals surface area (Å²) in [4.78, 5) is 56.1. The van der Waals surface area contributed by atoms with Crippen molar-refractivity contribution in [2.45, 2.75) is 25.8 Å². The molecule has 1 atom stereocenters. The number of aromatic nitrogens is 3. The highest BCUT2D eigenvalue weighted by molar-refractivity contribution is 6.25. The quantitative estimate of drug-likeness (QED) is 0.418. The van der Waals surface area contributed by atoms with E-state index in [1.54, 1.807) is 35.3 Å². The number of carbonyl (C=O) groups excluding carboxylic acids is 4. The second kappa shape index (κ2) is 8.37. The number of anilines is 2. The van der Waals surface area contributed by atoms with Gasteiger partial charge in [0.15, 0.2) is 0 Å². The molecule has 0 bridgehead atoms. The summed E-state index contributed by atoms with van der Waals surface area (Å²) < 4.78 is 1.79. The van der Waals surface area contributed by atoms with Gasteiger partial charge >= 0.3 is 0 Å². The van der Waals surface area contributed by atoms with E-state index in [0.717, 1.165) is 38.3 Å². The second-order valence-corrected chi connectivity index (χ2v) is 9.21. The number of nitrogens with zero attached hydrogens (tertiary/aromatic N) is 4. The Bertz CT molecular complexity index is 1660. The molecule has 2 aromatic heterocycles. The molecule has 0 saturated carbocycles. The SMILES string of the molecule is Cc1cc(-c2cc3c(cnn3C)cc2Nc2cccc3c2C(=O)N([C@@H]2CCC(=O)NC2=O)C3=O)ccn1. The molecule has 2 aromatic carbocycles. The lowest BCUT2D eigenvalue weighted by Crippen LogP contribution is -2.54. The van der Waals surface area contributed by atoms with Crippen LogP contribution in [0.2, 0.25) is 0 Å². The monoisotopic (exact) mass is 494 g/mol. The molecule has 2 aliphatic rings. The first-order chi connectivity index (χ1) is 17.8. The highest BCUT2D eigenvalue weighted by Crippen LogP contribution is 2.38. The second-order valence-electron chi connectivity index (χ2n) is 9.21. The Morgan fingerprint density at radius 3 is 2.62 bits per heavy atom. The normalized spacial score (nSPS) is 17.4. The Morgan fingerprint density at radius 1 is 1.00 bits per heavy atom. The first-order valence-corrected chi connectivity index (χ1v) is 11.8. The summed E-state index contributed by atoms with van der Waals surface area (Å²) in [5.74, 6) is -2.17. The number of carbonyl (C=O) groups is 4. The molecule has 2 aliphatic heterocycles. The molecule has 184 valence electrons. The fraction of sp³-hybridized carbons (Fsp3) is 0.185. The number of aryl methyl sites for hydroxylation is 2. The van der Waals surface area contributed by atoms with Crippen molar-refractivity contribution in [3.63, 3.8) is 0 Å². The summed E-state index contributed by atoms with van der Waals surface area (Å²) in [5, 5.41) is 10.9. The largest absolute Gasteiger partial charge is 0.354 e. The molecular weight excluding hydrogens is 472 g/mol. The van der Waals surface area contributed by atoms with Gasteiger partial charge in [-0.05, 0) is 55.3 Å². The molecule has 4 aromatic rings. The average molecular weight is 495 g/mol. The minimum Gasteiger partial charge on any atom is -0.354 e. The molecule has 10 heteroatoms. The summed E-state index contributed by atoms with van der Waals surface area (Å²) in [5.41, 5.74) is 5.17. The van der Waals surface area contributed by atoms with E-state index in [-0.39, 0.29) is 24.0 Å². The molecule has 6 rings (SSSR count). The van der Waals surface area contributed by atoms with Gasteiger partial charge in [-0.15, -0.1) is 0 Å². The molecule has 4 amide bonds. The minimum absolute atomic E-state index is 0.0642. The summed E-state index contributed by atoms with van der Waals surface area (Å²) in [6.07, 6.45) is 3.66. The molecular formula is C27H22N6O4. The third kappa shape index (κ3) is 3.65. The Balaban J connectivity index is 1.44. The Morgan fingerprint density at radius 2 is 1.84 bits per heavy atom. The standard InChI is InChI=1S/C27H22N6O4/c1-14-10-15(8-9-28-14)18-12-22-16(13-29-32(22)2)11-20(18)30-19-5-3-4-17-24(19)27(37)33(26(17)36)21-6-7-23(34)31-25(21)35/h3-5,8-13,21,30H,6-7H2,1-2H3,(H,31,34,35)/t21-/m1/s1. The smallest absolute Gasteiger partial charge is 0.264 e. The first kappa shape index (κ1) is 22.6.